The Balaban J connectivity index is 1.99. The van der Waals surface area contributed by atoms with Gasteiger partial charge >= 0.3 is 0 Å². The van der Waals surface area contributed by atoms with Crippen molar-refractivity contribution in [3.8, 4) is 0 Å². The SMILES string of the molecule is CCN1CCCC1Cn1cncc1CNC. The summed E-state index contributed by atoms with van der Waals surface area (Å²) in [6.07, 6.45) is 6.58. The summed E-state index contributed by atoms with van der Waals surface area (Å²) in [4.78, 5) is 6.81. The minimum Gasteiger partial charge on any atom is -0.332 e. The van der Waals surface area contributed by atoms with Crippen LogP contribution in [0.3, 0.4) is 0 Å². The predicted molar refractivity (Wildman–Crippen MR) is 65.3 cm³/mol. The topological polar surface area (TPSA) is 33.1 Å². The molecule has 2 rings (SSSR count). The summed E-state index contributed by atoms with van der Waals surface area (Å²) in [5.41, 5.74) is 1.28. The number of imidazole rings is 1. The minimum atomic E-state index is 0.704. The monoisotopic (exact) mass is 222 g/mol. The standard InChI is InChI=1S/C12H22N4/c1-3-15-6-4-5-11(15)9-16-10-14-8-12(16)7-13-2/h8,10-11,13H,3-7,9H2,1-2H3. The Bertz CT molecular complexity index is 321. The summed E-state index contributed by atoms with van der Waals surface area (Å²) >= 11 is 0. The van der Waals surface area contributed by atoms with Gasteiger partial charge in [-0.15, -0.1) is 0 Å². The fourth-order valence-corrected chi connectivity index (χ4v) is 2.59. The number of hydrogen-bond donors (Lipinski definition) is 1. The van der Waals surface area contributed by atoms with Crippen LogP contribution in [0.5, 0.6) is 0 Å². The molecule has 1 aromatic heterocycles. The van der Waals surface area contributed by atoms with Crippen LogP contribution >= 0.6 is 0 Å². The van der Waals surface area contributed by atoms with E-state index in [0.29, 0.717) is 6.04 Å². The van der Waals surface area contributed by atoms with E-state index in [-0.39, 0.29) is 0 Å². The third-order valence-electron chi connectivity index (χ3n) is 3.47. The molecule has 90 valence electrons. The Morgan fingerprint density at radius 3 is 3.19 bits per heavy atom. The molecule has 0 aromatic carbocycles. The van der Waals surface area contributed by atoms with Gasteiger partial charge in [0, 0.05) is 25.3 Å². The second-order valence-electron chi connectivity index (χ2n) is 4.49. The summed E-state index contributed by atoms with van der Waals surface area (Å²) in [5, 5.41) is 3.19. The highest BCUT2D eigenvalue weighted by Gasteiger charge is 2.23. The second kappa shape index (κ2) is 5.46. The van der Waals surface area contributed by atoms with Gasteiger partial charge in [0.15, 0.2) is 0 Å². The Hall–Kier alpha value is -0.870. The zero-order valence-electron chi connectivity index (χ0n) is 10.3. The molecule has 4 nitrogen and oxygen atoms in total. The molecule has 1 aliphatic rings. The zero-order valence-corrected chi connectivity index (χ0v) is 10.3. The number of aromatic nitrogens is 2. The molecule has 0 radical (unpaired) electrons. The van der Waals surface area contributed by atoms with Gasteiger partial charge in [-0.2, -0.15) is 0 Å². The summed E-state index contributed by atoms with van der Waals surface area (Å²) in [5.74, 6) is 0. The van der Waals surface area contributed by atoms with Crippen molar-refractivity contribution >= 4 is 0 Å². The molecule has 0 aliphatic carbocycles. The van der Waals surface area contributed by atoms with Crippen LogP contribution in [0.25, 0.3) is 0 Å². The first kappa shape index (κ1) is 11.6. The molecule has 0 saturated carbocycles. The van der Waals surface area contributed by atoms with Crippen LogP contribution in [0.2, 0.25) is 0 Å². The van der Waals surface area contributed by atoms with Crippen LogP contribution in [0, 0.1) is 0 Å². The Morgan fingerprint density at radius 1 is 1.56 bits per heavy atom. The number of hydrogen-bond acceptors (Lipinski definition) is 3. The molecule has 0 amide bonds. The van der Waals surface area contributed by atoms with Crippen LogP contribution in [-0.4, -0.2) is 40.6 Å². The van der Waals surface area contributed by atoms with Gasteiger partial charge in [-0.1, -0.05) is 6.92 Å². The molecule has 0 spiro atoms. The summed E-state index contributed by atoms with van der Waals surface area (Å²) in [6.45, 7) is 6.67. The first-order chi connectivity index (χ1) is 7.85. The lowest BCUT2D eigenvalue weighted by molar-refractivity contribution is 0.242. The van der Waals surface area contributed by atoms with E-state index < -0.39 is 0 Å². The van der Waals surface area contributed by atoms with E-state index in [1.54, 1.807) is 0 Å². The van der Waals surface area contributed by atoms with Crippen molar-refractivity contribution in [2.75, 3.05) is 20.1 Å². The van der Waals surface area contributed by atoms with E-state index in [9.17, 15) is 0 Å². The summed E-state index contributed by atoms with van der Waals surface area (Å²) < 4.78 is 2.29. The number of likely N-dealkylation sites (N-methyl/N-ethyl adjacent to an activating group) is 1. The third-order valence-corrected chi connectivity index (χ3v) is 3.47. The predicted octanol–water partition coefficient (Wildman–Crippen LogP) is 1.09. The van der Waals surface area contributed by atoms with Gasteiger partial charge in [-0.3, -0.25) is 4.90 Å². The van der Waals surface area contributed by atoms with Crippen molar-refractivity contribution in [2.45, 2.75) is 38.9 Å². The Labute approximate surface area is 97.7 Å². The van der Waals surface area contributed by atoms with Crippen molar-refractivity contribution in [3.05, 3.63) is 18.2 Å². The van der Waals surface area contributed by atoms with Gasteiger partial charge in [0.1, 0.15) is 0 Å². The van der Waals surface area contributed by atoms with Gasteiger partial charge in [-0.05, 0) is 33.0 Å². The van der Waals surface area contributed by atoms with Crippen molar-refractivity contribution in [1.29, 1.82) is 0 Å². The lowest BCUT2D eigenvalue weighted by Gasteiger charge is -2.23. The maximum absolute atomic E-state index is 4.24. The van der Waals surface area contributed by atoms with E-state index in [1.807, 2.05) is 19.6 Å². The lowest BCUT2D eigenvalue weighted by Crippen LogP contribution is -2.33. The van der Waals surface area contributed by atoms with Crippen molar-refractivity contribution in [2.24, 2.45) is 0 Å². The number of nitrogens with zero attached hydrogens (tertiary/aromatic N) is 3. The van der Waals surface area contributed by atoms with Crippen LogP contribution in [0.15, 0.2) is 12.5 Å². The molecule has 1 fully saturated rings. The van der Waals surface area contributed by atoms with Crippen molar-refractivity contribution in [1.82, 2.24) is 19.8 Å². The molecule has 2 heterocycles. The Morgan fingerprint density at radius 2 is 2.44 bits per heavy atom. The zero-order chi connectivity index (χ0) is 11.4. The molecule has 1 atom stereocenters. The molecular formula is C12H22N4. The van der Waals surface area contributed by atoms with E-state index in [4.69, 9.17) is 0 Å². The van der Waals surface area contributed by atoms with Gasteiger partial charge in [0.2, 0.25) is 0 Å². The smallest absolute Gasteiger partial charge is 0.0949 e. The summed E-state index contributed by atoms with van der Waals surface area (Å²) in [6, 6.07) is 0.704. The van der Waals surface area contributed by atoms with Crippen LogP contribution in [0.4, 0.5) is 0 Å². The summed E-state index contributed by atoms with van der Waals surface area (Å²) in [7, 11) is 1.98. The molecular weight excluding hydrogens is 200 g/mol. The van der Waals surface area contributed by atoms with E-state index in [0.717, 1.165) is 13.1 Å². The third kappa shape index (κ3) is 2.44. The molecule has 16 heavy (non-hydrogen) atoms. The highest BCUT2D eigenvalue weighted by Crippen LogP contribution is 2.18. The van der Waals surface area contributed by atoms with Gasteiger partial charge in [0.05, 0.1) is 12.0 Å². The number of rotatable bonds is 5. The lowest BCUT2D eigenvalue weighted by atomic mass is 10.2. The normalized spacial score (nSPS) is 21.8. The highest BCUT2D eigenvalue weighted by molar-refractivity contribution is 4.99. The van der Waals surface area contributed by atoms with Crippen LogP contribution < -0.4 is 5.32 Å². The second-order valence-corrected chi connectivity index (χ2v) is 4.49. The number of likely N-dealkylation sites (tertiary alicyclic amines) is 1. The first-order valence-electron chi connectivity index (χ1n) is 6.22. The van der Waals surface area contributed by atoms with E-state index in [2.05, 4.69) is 26.7 Å². The van der Waals surface area contributed by atoms with Gasteiger partial charge < -0.3 is 9.88 Å². The molecule has 1 unspecified atom stereocenters. The number of nitrogens with one attached hydrogen (secondary N) is 1. The maximum Gasteiger partial charge on any atom is 0.0949 e. The molecule has 4 heteroatoms. The van der Waals surface area contributed by atoms with Gasteiger partial charge in [0.25, 0.3) is 0 Å². The fourth-order valence-electron chi connectivity index (χ4n) is 2.59. The first-order valence-corrected chi connectivity index (χ1v) is 6.22. The molecule has 1 aromatic rings. The quantitative estimate of drug-likeness (QED) is 0.809. The van der Waals surface area contributed by atoms with E-state index >= 15 is 0 Å². The highest BCUT2D eigenvalue weighted by atomic mass is 15.2. The van der Waals surface area contributed by atoms with Crippen molar-refractivity contribution < 1.29 is 0 Å². The maximum atomic E-state index is 4.24. The van der Waals surface area contributed by atoms with Crippen molar-refractivity contribution in [3.63, 3.8) is 0 Å². The minimum absolute atomic E-state index is 0.704. The van der Waals surface area contributed by atoms with E-state index in [1.165, 1.54) is 31.6 Å². The molecule has 0 bridgehead atoms. The average Bonchev–Trinajstić information content (AvgIpc) is 2.89. The molecule has 1 saturated heterocycles. The largest absolute Gasteiger partial charge is 0.332 e. The van der Waals surface area contributed by atoms with Crippen LogP contribution in [0.1, 0.15) is 25.5 Å². The fraction of sp³-hybridized carbons (Fsp3) is 0.750. The molecule has 1 aliphatic heterocycles. The van der Waals surface area contributed by atoms with Gasteiger partial charge in [-0.25, -0.2) is 4.98 Å². The Kier molecular flexibility index (Phi) is 3.96. The van der Waals surface area contributed by atoms with Crippen LogP contribution in [-0.2, 0) is 13.1 Å². The molecule has 1 N–H and O–H groups in total. The average molecular weight is 222 g/mol.